The molecule has 106 valence electrons. The van der Waals surface area contributed by atoms with Gasteiger partial charge in [0.2, 0.25) is 11.6 Å². The number of benzene rings is 1. The van der Waals surface area contributed by atoms with Crippen LogP contribution in [0, 0.1) is 29.3 Å². The Labute approximate surface area is 111 Å². The van der Waals surface area contributed by atoms with Gasteiger partial charge in [-0.15, -0.1) is 0 Å². The van der Waals surface area contributed by atoms with Crippen molar-refractivity contribution < 1.29 is 22.0 Å². The van der Waals surface area contributed by atoms with Crippen molar-refractivity contribution in [1.29, 1.82) is 0 Å². The van der Waals surface area contributed by atoms with E-state index in [1.807, 2.05) is 0 Å². The van der Waals surface area contributed by atoms with Gasteiger partial charge in [-0.1, -0.05) is 12.1 Å². The third-order valence-electron chi connectivity index (χ3n) is 2.71. The van der Waals surface area contributed by atoms with Gasteiger partial charge in [0, 0.05) is 6.04 Å². The van der Waals surface area contributed by atoms with E-state index in [9.17, 15) is 22.0 Å². The second-order valence-electron chi connectivity index (χ2n) is 4.12. The van der Waals surface area contributed by atoms with Crippen molar-refractivity contribution in [3.05, 3.63) is 59.2 Å². The Balaban J connectivity index is 2.35. The molecule has 1 heterocycles. The summed E-state index contributed by atoms with van der Waals surface area (Å²) in [6, 6.07) is 4.48. The van der Waals surface area contributed by atoms with Crippen molar-refractivity contribution in [2.45, 2.75) is 13.0 Å². The molecule has 0 fully saturated rings. The first kappa shape index (κ1) is 14.2. The SMILES string of the molecule is CC(Nc1c(F)c(F)nc(F)c1F)c1cccc(F)c1. The fourth-order valence-corrected chi connectivity index (χ4v) is 1.69. The summed E-state index contributed by atoms with van der Waals surface area (Å²) in [6.45, 7) is 1.46. The van der Waals surface area contributed by atoms with Crippen molar-refractivity contribution in [3.63, 3.8) is 0 Å². The molecule has 7 heteroatoms. The maximum absolute atomic E-state index is 13.4. The van der Waals surface area contributed by atoms with E-state index in [0.717, 1.165) is 6.07 Å². The molecule has 0 bridgehead atoms. The number of rotatable bonds is 3. The molecule has 1 atom stereocenters. The average Bonchev–Trinajstić information content (AvgIpc) is 2.41. The molecule has 2 aromatic rings. The Kier molecular flexibility index (Phi) is 3.87. The van der Waals surface area contributed by atoms with Gasteiger partial charge in [0.05, 0.1) is 0 Å². The van der Waals surface area contributed by atoms with E-state index in [-0.39, 0.29) is 0 Å². The number of hydrogen-bond acceptors (Lipinski definition) is 2. The molecule has 1 aromatic carbocycles. The maximum atomic E-state index is 13.4. The number of nitrogens with zero attached hydrogens (tertiary/aromatic N) is 1. The van der Waals surface area contributed by atoms with Crippen LogP contribution in [-0.4, -0.2) is 4.98 Å². The highest BCUT2D eigenvalue weighted by atomic mass is 19.2. The number of pyridine rings is 1. The maximum Gasteiger partial charge on any atom is 0.253 e. The summed E-state index contributed by atoms with van der Waals surface area (Å²) in [5.41, 5.74) is -0.617. The smallest absolute Gasteiger partial charge is 0.253 e. The summed E-state index contributed by atoms with van der Waals surface area (Å²) in [4.78, 5) is 2.44. The fraction of sp³-hybridized carbons (Fsp3) is 0.154. The van der Waals surface area contributed by atoms with Crippen molar-refractivity contribution >= 4 is 5.69 Å². The van der Waals surface area contributed by atoms with Crippen LogP contribution in [0.4, 0.5) is 27.6 Å². The molecule has 20 heavy (non-hydrogen) atoms. The van der Waals surface area contributed by atoms with E-state index in [0.29, 0.717) is 5.56 Å². The summed E-state index contributed by atoms with van der Waals surface area (Å²) < 4.78 is 65.8. The predicted octanol–water partition coefficient (Wildman–Crippen LogP) is 3.95. The first-order valence-corrected chi connectivity index (χ1v) is 5.62. The van der Waals surface area contributed by atoms with E-state index in [1.54, 1.807) is 0 Å². The zero-order valence-corrected chi connectivity index (χ0v) is 10.2. The molecular weight excluding hydrogens is 279 g/mol. The van der Waals surface area contributed by atoms with Crippen molar-refractivity contribution in [1.82, 2.24) is 4.98 Å². The molecule has 0 amide bonds. The monoisotopic (exact) mass is 288 g/mol. The molecule has 0 saturated heterocycles. The van der Waals surface area contributed by atoms with E-state index in [4.69, 9.17) is 0 Å². The normalized spacial score (nSPS) is 12.3. The zero-order chi connectivity index (χ0) is 14.9. The van der Waals surface area contributed by atoms with Crippen LogP contribution in [0.15, 0.2) is 24.3 Å². The van der Waals surface area contributed by atoms with Crippen LogP contribution >= 0.6 is 0 Å². The van der Waals surface area contributed by atoms with E-state index < -0.39 is 41.1 Å². The molecule has 0 radical (unpaired) electrons. The fourth-order valence-electron chi connectivity index (χ4n) is 1.69. The van der Waals surface area contributed by atoms with Crippen LogP contribution in [0.5, 0.6) is 0 Å². The molecule has 1 unspecified atom stereocenters. The summed E-state index contributed by atoms with van der Waals surface area (Å²) in [5.74, 6) is -7.31. The van der Waals surface area contributed by atoms with Gasteiger partial charge in [0.1, 0.15) is 11.5 Å². The van der Waals surface area contributed by atoms with Crippen LogP contribution in [0.1, 0.15) is 18.5 Å². The Bertz CT molecular complexity index is 619. The lowest BCUT2D eigenvalue weighted by atomic mass is 10.1. The number of halogens is 5. The highest BCUT2D eigenvalue weighted by Gasteiger charge is 2.22. The van der Waals surface area contributed by atoms with Gasteiger partial charge < -0.3 is 5.32 Å². The lowest BCUT2D eigenvalue weighted by Gasteiger charge is -2.17. The standard InChI is InChI=1S/C13H9F5N2/c1-6(7-3-2-4-8(14)5-7)19-11-9(15)12(17)20-13(18)10(11)16/h2-6H,1H3,(H,19,20). The summed E-state index contributed by atoms with van der Waals surface area (Å²) >= 11 is 0. The molecule has 1 aromatic heterocycles. The van der Waals surface area contributed by atoms with Crippen molar-refractivity contribution in [3.8, 4) is 0 Å². The minimum absolute atomic E-state index is 0.362. The quantitative estimate of drug-likeness (QED) is 0.683. The van der Waals surface area contributed by atoms with Gasteiger partial charge in [0.15, 0.2) is 0 Å². The van der Waals surface area contributed by atoms with Gasteiger partial charge in [-0.25, -0.2) is 4.39 Å². The van der Waals surface area contributed by atoms with Gasteiger partial charge >= 0.3 is 0 Å². The topological polar surface area (TPSA) is 24.9 Å². The molecule has 0 aliphatic rings. The number of hydrogen-bond donors (Lipinski definition) is 1. The summed E-state index contributed by atoms with van der Waals surface area (Å²) in [6.07, 6.45) is 0. The largest absolute Gasteiger partial charge is 0.373 e. The minimum atomic E-state index is -1.75. The van der Waals surface area contributed by atoms with Crippen LogP contribution in [0.25, 0.3) is 0 Å². The molecule has 0 spiro atoms. The van der Waals surface area contributed by atoms with Gasteiger partial charge in [-0.2, -0.15) is 22.5 Å². The molecular formula is C13H9F5N2. The van der Waals surface area contributed by atoms with Crippen molar-refractivity contribution in [2.24, 2.45) is 0 Å². The van der Waals surface area contributed by atoms with Crippen LogP contribution in [0.3, 0.4) is 0 Å². The minimum Gasteiger partial charge on any atom is -0.373 e. The third-order valence-corrected chi connectivity index (χ3v) is 2.71. The third kappa shape index (κ3) is 2.71. The van der Waals surface area contributed by atoms with E-state index in [1.165, 1.54) is 25.1 Å². The van der Waals surface area contributed by atoms with Crippen LogP contribution < -0.4 is 5.32 Å². The Morgan fingerprint density at radius 3 is 2.15 bits per heavy atom. The lowest BCUT2D eigenvalue weighted by molar-refractivity contribution is 0.410. The Morgan fingerprint density at radius 1 is 1.00 bits per heavy atom. The van der Waals surface area contributed by atoms with Crippen molar-refractivity contribution in [2.75, 3.05) is 5.32 Å². The molecule has 2 rings (SSSR count). The summed E-state index contributed by atoms with van der Waals surface area (Å²) in [7, 11) is 0. The zero-order valence-electron chi connectivity index (χ0n) is 10.2. The van der Waals surface area contributed by atoms with Gasteiger partial charge in [0.25, 0.3) is 11.9 Å². The van der Waals surface area contributed by atoms with Crippen LogP contribution in [0.2, 0.25) is 0 Å². The molecule has 0 saturated carbocycles. The van der Waals surface area contributed by atoms with E-state index >= 15 is 0 Å². The first-order valence-electron chi connectivity index (χ1n) is 5.62. The second-order valence-corrected chi connectivity index (χ2v) is 4.12. The Hall–Kier alpha value is -2.18. The first-order chi connectivity index (χ1) is 9.40. The second kappa shape index (κ2) is 5.44. The highest BCUT2D eigenvalue weighted by Crippen LogP contribution is 2.26. The summed E-state index contributed by atoms with van der Waals surface area (Å²) in [5, 5.41) is 2.27. The Morgan fingerprint density at radius 2 is 1.60 bits per heavy atom. The molecule has 0 aliphatic carbocycles. The molecule has 0 aliphatic heterocycles. The van der Waals surface area contributed by atoms with Crippen LogP contribution in [-0.2, 0) is 0 Å². The lowest BCUT2D eigenvalue weighted by Crippen LogP contribution is -2.13. The average molecular weight is 288 g/mol. The van der Waals surface area contributed by atoms with Gasteiger partial charge in [-0.3, -0.25) is 0 Å². The number of anilines is 1. The van der Waals surface area contributed by atoms with E-state index in [2.05, 4.69) is 10.3 Å². The predicted molar refractivity (Wildman–Crippen MR) is 62.5 cm³/mol. The molecule has 2 nitrogen and oxygen atoms in total. The highest BCUT2D eigenvalue weighted by molar-refractivity contribution is 5.47. The molecule has 1 N–H and O–H groups in total. The van der Waals surface area contributed by atoms with Gasteiger partial charge in [-0.05, 0) is 24.6 Å². The number of aromatic nitrogens is 1. The number of nitrogens with one attached hydrogen (secondary N) is 1.